The van der Waals surface area contributed by atoms with Gasteiger partial charge in [-0.1, -0.05) is 62.6 Å². The number of hydrogen-bond acceptors (Lipinski definition) is 4. The molecule has 0 bridgehead atoms. The second-order valence-electron chi connectivity index (χ2n) is 5.96. The first kappa shape index (κ1) is 23.6. The smallest absolute Gasteiger partial charge is 0.870 e. The van der Waals surface area contributed by atoms with Gasteiger partial charge in [-0.3, -0.25) is 4.55 Å². The molecule has 0 unspecified atom stereocenters. The maximum absolute atomic E-state index is 11.9. The van der Waals surface area contributed by atoms with Crippen LogP contribution in [0.1, 0.15) is 44.6 Å². The molecule has 2 aromatic rings. The number of unbranched alkanes of at least 4 members (excludes halogenated alkanes) is 4. The standard InChI is InChI=1S/C19H24O5S.K/c1-2-3-4-5-6-9-15-12-13-16(25(21,22)23)14-19(15)24-18-11-8-7-10-17(18)20;/h7-8,10-14,20H,2-6,9H2,1H3,(H,21,22,23);/q;+1/p-1. The summed E-state index contributed by atoms with van der Waals surface area (Å²) < 4.78 is 37.7. The van der Waals surface area contributed by atoms with Crippen LogP contribution >= 0.6 is 0 Å². The van der Waals surface area contributed by atoms with Crippen molar-refractivity contribution in [1.29, 1.82) is 0 Å². The molecular formula is C19H23KO5S. The van der Waals surface area contributed by atoms with Gasteiger partial charge in [0, 0.05) is 6.07 Å². The van der Waals surface area contributed by atoms with Gasteiger partial charge in [-0.15, -0.1) is 0 Å². The van der Waals surface area contributed by atoms with E-state index in [1.54, 1.807) is 18.2 Å². The van der Waals surface area contributed by atoms with E-state index in [4.69, 9.17) is 4.74 Å². The number of rotatable bonds is 9. The average molecular weight is 403 g/mol. The van der Waals surface area contributed by atoms with Crippen LogP contribution in [0.5, 0.6) is 17.2 Å². The van der Waals surface area contributed by atoms with Crippen LogP contribution in [0, 0.1) is 0 Å². The Morgan fingerprint density at radius 2 is 1.69 bits per heavy atom. The van der Waals surface area contributed by atoms with Crippen molar-refractivity contribution in [2.24, 2.45) is 0 Å². The summed E-state index contributed by atoms with van der Waals surface area (Å²) in [7, 11) is -4.34. The van der Waals surface area contributed by atoms with Gasteiger partial charge >= 0.3 is 51.4 Å². The number of para-hydroxylation sites is 2. The Labute approximate surface area is 198 Å². The molecule has 0 aromatic heterocycles. The molecule has 0 radical (unpaired) electrons. The Morgan fingerprint density at radius 1 is 1.00 bits per heavy atom. The van der Waals surface area contributed by atoms with Gasteiger partial charge in [0.1, 0.15) is 11.5 Å². The molecule has 0 atom stereocenters. The van der Waals surface area contributed by atoms with Gasteiger partial charge in [-0.25, -0.2) is 0 Å². The van der Waals surface area contributed by atoms with Crippen molar-refractivity contribution < 1.29 is 74.2 Å². The van der Waals surface area contributed by atoms with Crippen LogP contribution < -0.4 is 61.2 Å². The summed E-state index contributed by atoms with van der Waals surface area (Å²) in [5.74, 6) is 0.129. The van der Waals surface area contributed by atoms with Gasteiger partial charge in [0.2, 0.25) is 0 Å². The number of aryl methyl sites for hydroxylation is 1. The summed E-state index contributed by atoms with van der Waals surface area (Å²) in [6.07, 6.45) is 6.24. The monoisotopic (exact) mass is 402 g/mol. The summed E-state index contributed by atoms with van der Waals surface area (Å²) in [6.45, 7) is 2.15. The largest absolute Gasteiger partial charge is 1.00 e. The van der Waals surface area contributed by atoms with E-state index in [9.17, 15) is 18.1 Å². The maximum atomic E-state index is 11.9. The zero-order valence-electron chi connectivity index (χ0n) is 15.3. The molecule has 0 spiro atoms. The molecule has 0 aliphatic carbocycles. The van der Waals surface area contributed by atoms with E-state index >= 15 is 0 Å². The van der Waals surface area contributed by atoms with E-state index < -0.39 is 10.1 Å². The van der Waals surface area contributed by atoms with Crippen LogP contribution in [0.2, 0.25) is 0 Å². The minimum atomic E-state index is -4.34. The molecule has 0 fully saturated rings. The van der Waals surface area contributed by atoms with Crippen molar-refractivity contribution in [3.05, 3.63) is 48.0 Å². The first-order chi connectivity index (χ1) is 11.9. The van der Waals surface area contributed by atoms with Crippen molar-refractivity contribution >= 4 is 10.1 Å². The first-order valence-corrected chi connectivity index (χ1v) is 9.90. The topological polar surface area (TPSA) is 86.7 Å². The number of benzene rings is 2. The summed E-state index contributed by atoms with van der Waals surface area (Å²) in [4.78, 5) is -0.249. The van der Waals surface area contributed by atoms with E-state index in [0.29, 0.717) is 6.42 Å². The molecule has 0 aliphatic rings. The molecule has 2 rings (SSSR count). The van der Waals surface area contributed by atoms with Gasteiger partial charge in [-0.2, -0.15) is 8.42 Å². The predicted molar refractivity (Wildman–Crippen MR) is 94.7 cm³/mol. The van der Waals surface area contributed by atoms with Crippen LogP contribution in [0.15, 0.2) is 47.4 Å². The molecule has 0 heterocycles. The Balaban J connectivity index is 0.00000338. The van der Waals surface area contributed by atoms with Gasteiger partial charge in [0.15, 0.2) is 0 Å². The molecule has 26 heavy (non-hydrogen) atoms. The fourth-order valence-electron chi connectivity index (χ4n) is 2.57. The molecule has 2 aromatic carbocycles. The Bertz CT molecular complexity index is 805. The van der Waals surface area contributed by atoms with Crippen molar-refractivity contribution in [2.45, 2.75) is 50.3 Å². The minimum absolute atomic E-state index is 0. The molecule has 0 saturated heterocycles. The number of hydrogen-bond donors (Lipinski definition) is 1. The van der Waals surface area contributed by atoms with Crippen LogP contribution in [-0.2, 0) is 16.5 Å². The molecular weight excluding hydrogens is 379 g/mol. The molecule has 0 aliphatic heterocycles. The zero-order chi connectivity index (χ0) is 18.3. The Kier molecular flexibility index (Phi) is 10.4. The van der Waals surface area contributed by atoms with Crippen LogP contribution in [0.4, 0.5) is 0 Å². The quantitative estimate of drug-likeness (QED) is 0.388. The van der Waals surface area contributed by atoms with Crippen molar-refractivity contribution in [1.82, 2.24) is 0 Å². The van der Waals surface area contributed by atoms with Crippen molar-refractivity contribution in [3.8, 4) is 17.2 Å². The van der Waals surface area contributed by atoms with E-state index in [1.165, 1.54) is 30.7 Å². The van der Waals surface area contributed by atoms with E-state index in [1.807, 2.05) is 0 Å². The summed E-state index contributed by atoms with van der Waals surface area (Å²) in [5.41, 5.74) is 0.812. The summed E-state index contributed by atoms with van der Waals surface area (Å²) in [6, 6.07) is 10.5. The predicted octanol–water partition coefficient (Wildman–Crippen LogP) is 1.32. The van der Waals surface area contributed by atoms with Crippen LogP contribution in [0.25, 0.3) is 0 Å². The fourth-order valence-corrected chi connectivity index (χ4v) is 3.06. The normalized spacial score (nSPS) is 11.0. The number of ether oxygens (including phenoxy) is 1. The van der Waals surface area contributed by atoms with E-state index in [0.717, 1.165) is 31.2 Å². The minimum Gasteiger partial charge on any atom is -0.870 e. The Morgan fingerprint density at radius 3 is 2.35 bits per heavy atom. The molecule has 5 nitrogen and oxygen atoms in total. The molecule has 0 saturated carbocycles. The Hall–Kier alpha value is -0.414. The van der Waals surface area contributed by atoms with Gasteiger partial charge in [0.25, 0.3) is 10.1 Å². The third-order valence-electron chi connectivity index (χ3n) is 3.96. The summed E-state index contributed by atoms with van der Waals surface area (Å²) in [5, 5.41) is 11.9. The van der Waals surface area contributed by atoms with Crippen LogP contribution in [0.3, 0.4) is 0 Å². The average Bonchev–Trinajstić information content (AvgIpc) is 2.57. The third-order valence-corrected chi connectivity index (χ3v) is 4.80. The van der Waals surface area contributed by atoms with Crippen LogP contribution in [-0.4, -0.2) is 13.0 Å². The molecule has 1 N–H and O–H groups in total. The fraction of sp³-hybridized carbons (Fsp3) is 0.368. The van der Waals surface area contributed by atoms with E-state index in [2.05, 4.69) is 6.92 Å². The van der Waals surface area contributed by atoms with Crippen molar-refractivity contribution in [2.75, 3.05) is 0 Å². The van der Waals surface area contributed by atoms with Gasteiger partial charge in [0.05, 0.1) is 4.90 Å². The van der Waals surface area contributed by atoms with Gasteiger partial charge in [-0.05, 0) is 30.5 Å². The third kappa shape index (κ3) is 7.30. The summed E-state index contributed by atoms with van der Waals surface area (Å²) >= 11 is 0. The first-order valence-electron chi connectivity index (χ1n) is 8.46. The van der Waals surface area contributed by atoms with Gasteiger partial charge < -0.3 is 9.84 Å². The second-order valence-corrected chi connectivity index (χ2v) is 7.38. The second kappa shape index (κ2) is 11.4. The van der Waals surface area contributed by atoms with Crippen molar-refractivity contribution in [3.63, 3.8) is 0 Å². The zero-order valence-corrected chi connectivity index (χ0v) is 19.2. The SMILES string of the molecule is CCCCCCCc1ccc(S(=O)(=O)O)cc1Oc1ccccc1[O-].[K+]. The molecule has 136 valence electrons. The maximum Gasteiger partial charge on any atom is 1.00 e. The molecule has 0 amide bonds. The molecule has 7 heteroatoms. The van der Waals surface area contributed by atoms with E-state index in [-0.39, 0.29) is 73.5 Å².